The number of nitrogens with one attached hydrogen (secondary N) is 1. The van der Waals surface area contributed by atoms with Crippen LogP contribution in [0.15, 0.2) is 22.7 Å². The van der Waals surface area contributed by atoms with Crippen LogP contribution in [0.2, 0.25) is 5.02 Å². The van der Waals surface area contributed by atoms with Gasteiger partial charge in [-0.1, -0.05) is 34.5 Å². The summed E-state index contributed by atoms with van der Waals surface area (Å²) in [4.78, 5) is 14.6. The lowest BCUT2D eigenvalue weighted by Crippen LogP contribution is -2.41. The van der Waals surface area contributed by atoms with Gasteiger partial charge in [0, 0.05) is 23.6 Å². The minimum atomic E-state index is 0.0202. The average molecular weight is 360 g/mol. The molecule has 0 saturated carbocycles. The third-order valence-corrected chi connectivity index (χ3v) is 4.37. The predicted octanol–water partition coefficient (Wildman–Crippen LogP) is 3.71. The zero-order valence-electron chi connectivity index (χ0n) is 11.7. The fraction of sp³-hybridized carbons (Fsp3) is 0.533. The second-order valence-electron chi connectivity index (χ2n) is 5.17. The minimum absolute atomic E-state index is 0.0202. The molecule has 5 heteroatoms. The molecule has 1 saturated heterocycles. The number of nitrogens with zero attached hydrogens (tertiary/aromatic N) is 1. The van der Waals surface area contributed by atoms with Gasteiger partial charge in [-0.15, -0.1) is 0 Å². The summed E-state index contributed by atoms with van der Waals surface area (Å²) >= 11 is 9.57. The molecule has 1 fully saturated rings. The molecule has 1 aromatic rings. The van der Waals surface area contributed by atoms with Gasteiger partial charge >= 0.3 is 0 Å². The zero-order valence-corrected chi connectivity index (χ0v) is 14.0. The highest BCUT2D eigenvalue weighted by Crippen LogP contribution is 2.23. The number of carbonyl (C=O) groups is 1. The third kappa shape index (κ3) is 3.96. The second kappa shape index (κ2) is 7.43. The van der Waals surface area contributed by atoms with Crippen LogP contribution in [0.25, 0.3) is 0 Å². The van der Waals surface area contributed by atoms with Gasteiger partial charge in [0.2, 0.25) is 0 Å². The molecule has 3 nitrogen and oxygen atoms in total. The second-order valence-corrected chi connectivity index (χ2v) is 6.49. The first-order chi connectivity index (χ1) is 9.61. The molecular formula is C15H20BrClN2O. The molecule has 1 aromatic carbocycles. The predicted molar refractivity (Wildman–Crippen MR) is 86.4 cm³/mol. The fourth-order valence-corrected chi connectivity index (χ4v) is 3.12. The number of amides is 1. The summed E-state index contributed by atoms with van der Waals surface area (Å²) in [5.41, 5.74) is 0.576. The Labute approximate surface area is 133 Å². The first kappa shape index (κ1) is 15.8. The summed E-state index contributed by atoms with van der Waals surface area (Å²) in [6, 6.07) is 5.82. The lowest BCUT2D eigenvalue weighted by atomic mass is 10.1. The van der Waals surface area contributed by atoms with Crippen molar-refractivity contribution in [2.45, 2.75) is 32.2 Å². The van der Waals surface area contributed by atoms with Crippen molar-refractivity contribution in [3.05, 3.63) is 33.3 Å². The van der Waals surface area contributed by atoms with E-state index < -0.39 is 0 Å². The summed E-state index contributed by atoms with van der Waals surface area (Å²) in [6.45, 7) is 4.66. The van der Waals surface area contributed by atoms with E-state index in [1.807, 2.05) is 11.0 Å². The Morgan fingerprint density at radius 1 is 1.55 bits per heavy atom. The number of benzene rings is 1. The van der Waals surface area contributed by atoms with Gasteiger partial charge in [-0.2, -0.15) is 0 Å². The van der Waals surface area contributed by atoms with Crippen molar-refractivity contribution in [3.63, 3.8) is 0 Å². The quantitative estimate of drug-likeness (QED) is 0.869. The molecule has 1 aliphatic heterocycles. The largest absolute Gasteiger partial charge is 0.337 e. The van der Waals surface area contributed by atoms with Crippen molar-refractivity contribution in [3.8, 4) is 0 Å². The third-order valence-electron chi connectivity index (χ3n) is 3.54. The Bertz CT molecular complexity index is 475. The highest BCUT2D eigenvalue weighted by molar-refractivity contribution is 9.10. The normalized spacial score (nSPS) is 18.2. The SMILES string of the molecule is CCCN(CC1CCCN1)C(=O)c1cc(Br)ccc1Cl. The van der Waals surface area contributed by atoms with Gasteiger partial charge < -0.3 is 10.2 Å². The molecule has 0 bridgehead atoms. The molecular weight excluding hydrogens is 340 g/mol. The molecule has 1 N–H and O–H groups in total. The first-order valence-corrected chi connectivity index (χ1v) is 8.26. The van der Waals surface area contributed by atoms with Crippen molar-refractivity contribution >= 4 is 33.4 Å². The van der Waals surface area contributed by atoms with E-state index in [9.17, 15) is 4.79 Å². The number of hydrogen-bond acceptors (Lipinski definition) is 2. The molecule has 0 radical (unpaired) electrons. The van der Waals surface area contributed by atoms with E-state index in [1.165, 1.54) is 6.42 Å². The lowest BCUT2D eigenvalue weighted by Gasteiger charge is -2.26. The summed E-state index contributed by atoms with van der Waals surface area (Å²) in [5.74, 6) is 0.0202. The van der Waals surface area contributed by atoms with Crippen LogP contribution in [-0.4, -0.2) is 36.5 Å². The average Bonchev–Trinajstić information content (AvgIpc) is 2.93. The van der Waals surface area contributed by atoms with Gasteiger partial charge in [0.25, 0.3) is 5.91 Å². The molecule has 2 rings (SSSR count). The molecule has 1 atom stereocenters. The van der Waals surface area contributed by atoms with Gasteiger partial charge in [-0.05, 0) is 44.0 Å². The van der Waals surface area contributed by atoms with E-state index in [1.54, 1.807) is 12.1 Å². The van der Waals surface area contributed by atoms with Crippen LogP contribution in [0.1, 0.15) is 36.5 Å². The van der Waals surface area contributed by atoms with Crippen LogP contribution in [0.5, 0.6) is 0 Å². The van der Waals surface area contributed by atoms with Crippen LogP contribution in [0.4, 0.5) is 0 Å². The highest BCUT2D eigenvalue weighted by Gasteiger charge is 2.23. The Balaban J connectivity index is 2.14. The summed E-state index contributed by atoms with van der Waals surface area (Å²) in [6.07, 6.45) is 3.28. The molecule has 1 unspecified atom stereocenters. The summed E-state index contributed by atoms with van der Waals surface area (Å²) in [7, 11) is 0. The summed E-state index contributed by atoms with van der Waals surface area (Å²) < 4.78 is 0.876. The molecule has 0 spiro atoms. The smallest absolute Gasteiger partial charge is 0.255 e. The van der Waals surface area contributed by atoms with E-state index in [0.717, 1.165) is 36.9 Å². The monoisotopic (exact) mass is 358 g/mol. The Morgan fingerprint density at radius 2 is 2.35 bits per heavy atom. The molecule has 20 heavy (non-hydrogen) atoms. The van der Waals surface area contributed by atoms with Crippen LogP contribution in [-0.2, 0) is 0 Å². The first-order valence-electron chi connectivity index (χ1n) is 7.09. The van der Waals surface area contributed by atoms with Crippen molar-refractivity contribution in [1.29, 1.82) is 0 Å². The highest BCUT2D eigenvalue weighted by atomic mass is 79.9. The van der Waals surface area contributed by atoms with Crippen molar-refractivity contribution in [2.24, 2.45) is 0 Å². The van der Waals surface area contributed by atoms with E-state index >= 15 is 0 Å². The van der Waals surface area contributed by atoms with Gasteiger partial charge in [0.1, 0.15) is 0 Å². The molecule has 1 heterocycles. The molecule has 1 aliphatic rings. The number of rotatable bonds is 5. The molecule has 1 amide bonds. The van der Waals surface area contributed by atoms with Crippen LogP contribution in [0.3, 0.4) is 0 Å². The summed E-state index contributed by atoms with van der Waals surface area (Å²) in [5, 5.41) is 3.95. The standard InChI is InChI=1S/C15H20BrClN2O/c1-2-8-19(10-12-4-3-7-18-12)15(20)13-9-11(16)5-6-14(13)17/h5-6,9,12,18H,2-4,7-8,10H2,1H3. The topological polar surface area (TPSA) is 32.3 Å². The maximum absolute atomic E-state index is 12.7. The molecule has 110 valence electrons. The maximum atomic E-state index is 12.7. The van der Waals surface area contributed by atoms with Crippen LogP contribution < -0.4 is 5.32 Å². The van der Waals surface area contributed by atoms with Crippen LogP contribution >= 0.6 is 27.5 Å². The van der Waals surface area contributed by atoms with Crippen LogP contribution in [0, 0.1) is 0 Å². The maximum Gasteiger partial charge on any atom is 0.255 e. The Kier molecular flexibility index (Phi) is 5.87. The Morgan fingerprint density at radius 3 is 3.00 bits per heavy atom. The van der Waals surface area contributed by atoms with E-state index in [0.29, 0.717) is 16.6 Å². The van der Waals surface area contributed by atoms with Crippen molar-refractivity contribution < 1.29 is 4.79 Å². The fourth-order valence-electron chi connectivity index (χ4n) is 2.56. The molecule has 0 aromatic heterocycles. The number of halogens is 2. The Hall–Kier alpha value is -0.580. The van der Waals surface area contributed by atoms with E-state index in [4.69, 9.17) is 11.6 Å². The number of hydrogen-bond donors (Lipinski definition) is 1. The van der Waals surface area contributed by atoms with E-state index in [-0.39, 0.29) is 5.91 Å². The van der Waals surface area contributed by atoms with E-state index in [2.05, 4.69) is 28.2 Å². The van der Waals surface area contributed by atoms with Gasteiger partial charge in [0.15, 0.2) is 0 Å². The van der Waals surface area contributed by atoms with Gasteiger partial charge in [0.05, 0.1) is 10.6 Å². The zero-order chi connectivity index (χ0) is 14.5. The number of carbonyl (C=O) groups excluding carboxylic acids is 1. The van der Waals surface area contributed by atoms with Crippen molar-refractivity contribution in [1.82, 2.24) is 10.2 Å². The minimum Gasteiger partial charge on any atom is -0.337 e. The van der Waals surface area contributed by atoms with Gasteiger partial charge in [-0.25, -0.2) is 0 Å². The van der Waals surface area contributed by atoms with Crippen molar-refractivity contribution in [2.75, 3.05) is 19.6 Å². The lowest BCUT2D eigenvalue weighted by molar-refractivity contribution is 0.0742. The van der Waals surface area contributed by atoms with Gasteiger partial charge in [-0.3, -0.25) is 4.79 Å². The molecule has 0 aliphatic carbocycles.